The summed E-state index contributed by atoms with van der Waals surface area (Å²) in [5.41, 5.74) is -0.296. The molecule has 4 aliphatic rings. The van der Waals surface area contributed by atoms with Gasteiger partial charge < -0.3 is 14.6 Å². The third-order valence-corrected chi connectivity index (χ3v) is 6.94. The molecule has 6 rings (SSSR count). The number of carbonyl (C=O) groups is 1. The fourth-order valence-corrected chi connectivity index (χ4v) is 5.20. The number of aromatic nitrogens is 2. The minimum absolute atomic E-state index is 0.0151. The summed E-state index contributed by atoms with van der Waals surface area (Å²) in [7, 11) is 0. The van der Waals surface area contributed by atoms with Crippen LogP contribution < -0.4 is 5.32 Å². The van der Waals surface area contributed by atoms with Gasteiger partial charge in [0.1, 0.15) is 6.61 Å². The van der Waals surface area contributed by atoms with Crippen molar-refractivity contribution >= 4 is 17.5 Å². The van der Waals surface area contributed by atoms with Gasteiger partial charge in [0.15, 0.2) is 11.6 Å². The van der Waals surface area contributed by atoms with Gasteiger partial charge in [-0.1, -0.05) is 11.6 Å². The summed E-state index contributed by atoms with van der Waals surface area (Å²) in [6.45, 7) is -0.227. The van der Waals surface area contributed by atoms with Gasteiger partial charge in [-0.2, -0.15) is 0 Å². The van der Waals surface area contributed by atoms with E-state index in [1.165, 1.54) is 12.1 Å². The molecule has 1 N–H and O–H groups in total. The second-order valence-electron chi connectivity index (χ2n) is 9.06. The molecule has 0 spiro atoms. The maximum Gasteiger partial charge on any atom is 0.522 e. The number of nitrogens with one attached hydrogen (secondary N) is 1. The summed E-state index contributed by atoms with van der Waals surface area (Å²) in [4.78, 5) is 16.4. The second-order valence-corrected chi connectivity index (χ2v) is 9.47. The molecular formula is C21H19ClF5N3O3. The number of carbonyl (C=O) groups excluding carboxylic acids is 1. The van der Waals surface area contributed by atoms with Gasteiger partial charge in [0.25, 0.3) is 0 Å². The van der Waals surface area contributed by atoms with Crippen molar-refractivity contribution in [2.45, 2.75) is 61.8 Å². The maximum atomic E-state index is 14.2. The zero-order valence-corrected chi connectivity index (χ0v) is 17.8. The number of imidazole rings is 1. The molecule has 0 saturated heterocycles. The molecule has 0 unspecified atom stereocenters. The lowest BCUT2D eigenvalue weighted by Gasteiger charge is -2.70. The van der Waals surface area contributed by atoms with Gasteiger partial charge in [0, 0.05) is 30.1 Å². The maximum absolute atomic E-state index is 14.2. The molecule has 33 heavy (non-hydrogen) atoms. The molecule has 1 amide bonds. The first-order valence-electron chi connectivity index (χ1n) is 10.3. The second kappa shape index (κ2) is 7.64. The van der Waals surface area contributed by atoms with E-state index in [0.29, 0.717) is 19.3 Å². The molecule has 4 fully saturated rings. The van der Waals surface area contributed by atoms with Crippen molar-refractivity contribution in [3.8, 4) is 11.3 Å². The van der Waals surface area contributed by atoms with Gasteiger partial charge in [-0.05, 0) is 31.4 Å². The minimum Gasteiger partial charge on any atom is -0.368 e. The van der Waals surface area contributed by atoms with Gasteiger partial charge in [-0.15, -0.1) is 13.2 Å². The Kier molecular flexibility index (Phi) is 5.22. The zero-order chi connectivity index (χ0) is 23.6. The highest BCUT2D eigenvalue weighted by atomic mass is 35.5. The number of amides is 1. The van der Waals surface area contributed by atoms with Crippen molar-refractivity contribution in [2.24, 2.45) is 0 Å². The van der Waals surface area contributed by atoms with E-state index in [4.69, 9.17) is 16.3 Å². The van der Waals surface area contributed by atoms with Crippen LogP contribution in [0.15, 0.2) is 24.7 Å². The Morgan fingerprint density at radius 3 is 2.55 bits per heavy atom. The summed E-state index contributed by atoms with van der Waals surface area (Å²) in [5.74, 6) is -2.51. The van der Waals surface area contributed by atoms with E-state index in [2.05, 4.69) is 15.0 Å². The number of alkyl halides is 3. The fraction of sp³-hybridized carbons (Fsp3) is 0.524. The largest absolute Gasteiger partial charge is 0.522 e. The van der Waals surface area contributed by atoms with E-state index in [1.54, 1.807) is 12.5 Å². The Bertz CT molecular complexity index is 1080. The topological polar surface area (TPSA) is 65.4 Å². The Hall–Kier alpha value is -2.24. The minimum atomic E-state index is -4.66. The number of nitrogens with zero attached hydrogens (tertiary/aromatic N) is 2. The Morgan fingerprint density at radius 1 is 1.18 bits per heavy atom. The van der Waals surface area contributed by atoms with Crippen LogP contribution in [0.1, 0.15) is 32.1 Å². The number of hydrogen-bond donors (Lipinski definition) is 1. The summed E-state index contributed by atoms with van der Waals surface area (Å²) in [6, 6.07) is 2.64. The van der Waals surface area contributed by atoms with Crippen LogP contribution in [0.5, 0.6) is 0 Å². The molecule has 4 saturated carbocycles. The molecule has 0 aliphatic heterocycles. The van der Waals surface area contributed by atoms with E-state index < -0.39 is 30.2 Å². The smallest absolute Gasteiger partial charge is 0.368 e. The number of benzene rings is 1. The summed E-state index contributed by atoms with van der Waals surface area (Å²) >= 11 is 5.60. The van der Waals surface area contributed by atoms with Gasteiger partial charge in [-0.3, -0.25) is 9.53 Å². The van der Waals surface area contributed by atoms with Crippen LogP contribution in [-0.4, -0.2) is 46.2 Å². The van der Waals surface area contributed by atoms with Gasteiger partial charge in [0.05, 0.1) is 34.8 Å². The zero-order valence-electron chi connectivity index (χ0n) is 17.1. The van der Waals surface area contributed by atoms with E-state index in [9.17, 15) is 26.7 Å². The predicted molar refractivity (Wildman–Crippen MR) is 105 cm³/mol. The monoisotopic (exact) mass is 491 g/mol. The highest BCUT2D eigenvalue weighted by molar-refractivity contribution is 6.30. The van der Waals surface area contributed by atoms with Crippen LogP contribution in [0.4, 0.5) is 22.0 Å². The van der Waals surface area contributed by atoms with Crippen LogP contribution in [-0.2, 0) is 19.8 Å². The van der Waals surface area contributed by atoms with Crippen molar-refractivity contribution in [1.29, 1.82) is 0 Å². The van der Waals surface area contributed by atoms with Gasteiger partial charge in [0.2, 0.25) is 5.91 Å². The van der Waals surface area contributed by atoms with Crippen molar-refractivity contribution in [1.82, 2.24) is 14.9 Å². The van der Waals surface area contributed by atoms with Crippen molar-refractivity contribution < 1.29 is 36.2 Å². The summed E-state index contributed by atoms with van der Waals surface area (Å²) in [5, 5.41) is 2.63. The molecule has 12 heteroatoms. The molecule has 1 aromatic carbocycles. The molecule has 1 aromatic heterocycles. The number of hydrogen-bond acceptors (Lipinski definition) is 4. The third kappa shape index (κ3) is 4.10. The van der Waals surface area contributed by atoms with E-state index in [1.807, 2.05) is 4.57 Å². The molecule has 6 nitrogen and oxygen atoms in total. The van der Waals surface area contributed by atoms with Crippen LogP contribution in [0.3, 0.4) is 0 Å². The summed E-state index contributed by atoms with van der Waals surface area (Å²) in [6.07, 6.45) is -0.635. The van der Waals surface area contributed by atoms with E-state index in [-0.39, 0.29) is 52.7 Å². The van der Waals surface area contributed by atoms with E-state index >= 15 is 0 Å². The molecular weight excluding hydrogens is 473 g/mol. The summed E-state index contributed by atoms with van der Waals surface area (Å²) < 4.78 is 75.4. The average molecular weight is 492 g/mol. The SMILES string of the molecule is O=C(COC1CC(OC(F)(F)F)C1)NC12CC(n3cnc(-c4ccc(Cl)c(F)c4F)c3)(C1)C2. The van der Waals surface area contributed by atoms with Gasteiger partial charge in [-0.25, -0.2) is 13.8 Å². The first-order chi connectivity index (χ1) is 15.5. The first kappa shape index (κ1) is 22.5. The molecule has 0 atom stereocenters. The highest BCUT2D eigenvalue weighted by Crippen LogP contribution is 2.65. The quantitative estimate of drug-likeness (QED) is 0.463. The molecule has 178 valence electrons. The number of ether oxygens (including phenoxy) is 2. The third-order valence-electron chi connectivity index (χ3n) is 6.65. The predicted octanol–water partition coefficient (Wildman–Crippen LogP) is 4.31. The molecule has 4 aliphatic carbocycles. The first-order valence-corrected chi connectivity index (χ1v) is 10.7. The van der Waals surface area contributed by atoms with Crippen LogP contribution >= 0.6 is 11.6 Å². The van der Waals surface area contributed by atoms with Crippen LogP contribution in [0.25, 0.3) is 11.3 Å². The Balaban J connectivity index is 1.10. The molecule has 1 heterocycles. The lowest BCUT2D eigenvalue weighted by Crippen LogP contribution is -2.78. The highest BCUT2D eigenvalue weighted by Gasteiger charge is 2.69. The Labute approximate surface area is 190 Å². The molecule has 0 radical (unpaired) electrons. The van der Waals surface area contributed by atoms with E-state index in [0.717, 1.165) is 0 Å². The van der Waals surface area contributed by atoms with Crippen molar-refractivity contribution in [3.05, 3.63) is 41.3 Å². The van der Waals surface area contributed by atoms with Crippen molar-refractivity contribution in [3.63, 3.8) is 0 Å². The van der Waals surface area contributed by atoms with Crippen LogP contribution in [0.2, 0.25) is 5.02 Å². The Morgan fingerprint density at radius 2 is 1.88 bits per heavy atom. The van der Waals surface area contributed by atoms with Gasteiger partial charge >= 0.3 is 6.36 Å². The number of rotatable bonds is 7. The lowest BCUT2D eigenvalue weighted by molar-refractivity contribution is -0.357. The normalized spacial score (nSPS) is 30.2. The molecule has 2 bridgehead atoms. The van der Waals surface area contributed by atoms with Crippen LogP contribution in [0, 0.1) is 11.6 Å². The average Bonchev–Trinajstić information content (AvgIpc) is 3.12. The molecule has 2 aromatic rings. The fourth-order valence-electron chi connectivity index (χ4n) is 5.05. The lowest BCUT2D eigenvalue weighted by atomic mass is 9.44. The van der Waals surface area contributed by atoms with Crippen molar-refractivity contribution in [2.75, 3.05) is 6.61 Å². The number of halogens is 6. The standard InChI is InChI=1S/C21H19ClF5N3O3/c22-14-2-1-13(17(23)18(14)24)15-5-30(10-28-15)20-7-19(8-20,9-20)29-16(31)6-32-11-3-12(4-11)33-21(25,26)27/h1-2,5,10-12H,3-4,6-9H2,(H,29,31).